The van der Waals surface area contributed by atoms with Crippen molar-refractivity contribution in [3.63, 3.8) is 0 Å². The van der Waals surface area contributed by atoms with Gasteiger partial charge in [0.05, 0.1) is 5.92 Å². The van der Waals surface area contributed by atoms with Crippen LogP contribution >= 0.6 is 0 Å². The SMILES string of the molecule is CN1CCCCC1Cc1nnc2n1CC(C(=O)O)CC2. The normalized spacial score (nSPS) is 27.2. The van der Waals surface area contributed by atoms with E-state index < -0.39 is 5.97 Å². The third-order valence-corrected chi connectivity index (χ3v) is 4.71. The molecule has 1 fully saturated rings. The van der Waals surface area contributed by atoms with Gasteiger partial charge < -0.3 is 14.6 Å². The molecule has 6 nitrogen and oxygen atoms in total. The average molecular weight is 278 g/mol. The van der Waals surface area contributed by atoms with Gasteiger partial charge in [0, 0.05) is 25.4 Å². The lowest BCUT2D eigenvalue weighted by Crippen LogP contribution is -2.38. The molecule has 0 aromatic carbocycles. The van der Waals surface area contributed by atoms with Gasteiger partial charge in [-0.25, -0.2) is 0 Å². The van der Waals surface area contributed by atoms with Crippen molar-refractivity contribution in [2.45, 2.75) is 51.1 Å². The van der Waals surface area contributed by atoms with Gasteiger partial charge in [-0.3, -0.25) is 4.79 Å². The fourth-order valence-corrected chi connectivity index (χ4v) is 3.35. The van der Waals surface area contributed by atoms with E-state index in [9.17, 15) is 9.90 Å². The lowest BCUT2D eigenvalue weighted by Gasteiger charge is -2.32. The first-order valence-corrected chi connectivity index (χ1v) is 7.49. The maximum absolute atomic E-state index is 11.2. The molecule has 1 aromatic heterocycles. The van der Waals surface area contributed by atoms with Gasteiger partial charge in [0.15, 0.2) is 0 Å². The number of nitrogens with zero attached hydrogens (tertiary/aromatic N) is 4. The van der Waals surface area contributed by atoms with E-state index >= 15 is 0 Å². The molecule has 2 unspecified atom stereocenters. The van der Waals surface area contributed by atoms with Crippen LogP contribution in [0.3, 0.4) is 0 Å². The standard InChI is InChI=1S/C14H22N4O2/c1-17-7-3-2-4-11(17)8-13-16-15-12-6-5-10(14(19)20)9-18(12)13/h10-11H,2-9H2,1H3,(H,19,20). The van der Waals surface area contributed by atoms with Crippen LogP contribution in [0.2, 0.25) is 0 Å². The van der Waals surface area contributed by atoms with Crippen molar-refractivity contribution in [1.82, 2.24) is 19.7 Å². The molecule has 6 heteroatoms. The van der Waals surface area contributed by atoms with Crippen LogP contribution in [0.15, 0.2) is 0 Å². The van der Waals surface area contributed by atoms with Crippen LogP contribution in [0.5, 0.6) is 0 Å². The monoisotopic (exact) mass is 278 g/mol. The van der Waals surface area contributed by atoms with E-state index in [-0.39, 0.29) is 5.92 Å². The first-order chi connectivity index (χ1) is 9.65. The highest BCUT2D eigenvalue weighted by Crippen LogP contribution is 2.23. The summed E-state index contributed by atoms with van der Waals surface area (Å²) >= 11 is 0. The second kappa shape index (κ2) is 5.52. The van der Waals surface area contributed by atoms with E-state index in [2.05, 4.69) is 22.1 Å². The molecule has 110 valence electrons. The smallest absolute Gasteiger partial charge is 0.308 e. The van der Waals surface area contributed by atoms with E-state index in [0.717, 1.165) is 31.0 Å². The van der Waals surface area contributed by atoms with E-state index in [1.807, 2.05) is 4.57 Å². The molecular formula is C14H22N4O2. The largest absolute Gasteiger partial charge is 0.481 e. The molecule has 3 heterocycles. The van der Waals surface area contributed by atoms with Crippen molar-refractivity contribution in [1.29, 1.82) is 0 Å². The molecular weight excluding hydrogens is 256 g/mol. The number of piperidine rings is 1. The molecule has 1 saturated heterocycles. The van der Waals surface area contributed by atoms with Crippen LogP contribution in [0.25, 0.3) is 0 Å². The van der Waals surface area contributed by atoms with Crippen LogP contribution in [0.1, 0.15) is 37.3 Å². The summed E-state index contributed by atoms with van der Waals surface area (Å²) in [7, 11) is 2.16. The number of fused-ring (bicyclic) bond motifs is 1. The van der Waals surface area contributed by atoms with Crippen LogP contribution in [0, 0.1) is 5.92 Å². The molecule has 0 bridgehead atoms. The van der Waals surface area contributed by atoms with Crippen LogP contribution in [-0.4, -0.2) is 50.4 Å². The molecule has 1 aromatic rings. The first-order valence-electron chi connectivity index (χ1n) is 7.49. The zero-order valence-electron chi connectivity index (χ0n) is 12.0. The Balaban J connectivity index is 1.75. The summed E-state index contributed by atoms with van der Waals surface area (Å²) in [5.41, 5.74) is 0. The maximum atomic E-state index is 11.2. The number of hydrogen-bond acceptors (Lipinski definition) is 4. The minimum Gasteiger partial charge on any atom is -0.481 e. The Kier molecular flexibility index (Phi) is 3.74. The van der Waals surface area contributed by atoms with Crippen LogP contribution in [0.4, 0.5) is 0 Å². The van der Waals surface area contributed by atoms with E-state index in [1.165, 1.54) is 19.3 Å². The summed E-state index contributed by atoms with van der Waals surface area (Å²) in [6.45, 7) is 1.67. The fraction of sp³-hybridized carbons (Fsp3) is 0.786. The second-order valence-electron chi connectivity index (χ2n) is 6.05. The number of likely N-dealkylation sites (N-methyl/N-ethyl adjacent to an activating group) is 1. The van der Waals surface area contributed by atoms with Crippen molar-refractivity contribution in [3.05, 3.63) is 11.6 Å². The zero-order valence-corrected chi connectivity index (χ0v) is 12.0. The van der Waals surface area contributed by atoms with Gasteiger partial charge in [-0.1, -0.05) is 6.42 Å². The van der Waals surface area contributed by atoms with Crippen molar-refractivity contribution in [2.24, 2.45) is 5.92 Å². The van der Waals surface area contributed by atoms with Gasteiger partial charge >= 0.3 is 5.97 Å². The highest BCUT2D eigenvalue weighted by Gasteiger charge is 2.29. The molecule has 0 saturated carbocycles. The lowest BCUT2D eigenvalue weighted by molar-refractivity contribution is -0.142. The Hall–Kier alpha value is -1.43. The van der Waals surface area contributed by atoms with Crippen molar-refractivity contribution < 1.29 is 9.90 Å². The first kappa shape index (κ1) is 13.5. The number of aryl methyl sites for hydroxylation is 1. The molecule has 3 rings (SSSR count). The summed E-state index contributed by atoms with van der Waals surface area (Å²) in [5.74, 6) is 0.923. The summed E-state index contributed by atoms with van der Waals surface area (Å²) in [4.78, 5) is 13.6. The molecule has 0 amide bonds. The molecule has 0 aliphatic carbocycles. The third-order valence-electron chi connectivity index (χ3n) is 4.71. The van der Waals surface area contributed by atoms with Gasteiger partial charge in [0.2, 0.25) is 0 Å². The molecule has 2 aliphatic rings. The lowest BCUT2D eigenvalue weighted by atomic mass is 9.98. The van der Waals surface area contributed by atoms with Crippen molar-refractivity contribution in [3.8, 4) is 0 Å². The molecule has 2 aliphatic heterocycles. The number of hydrogen-bond donors (Lipinski definition) is 1. The summed E-state index contributed by atoms with van der Waals surface area (Å²) in [5, 5.41) is 17.7. The number of aliphatic carboxylic acids is 1. The molecule has 20 heavy (non-hydrogen) atoms. The summed E-state index contributed by atoms with van der Waals surface area (Å²) in [6.07, 6.45) is 6.03. The second-order valence-corrected chi connectivity index (χ2v) is 6.05. The number of rotatable bonds is 3. The van der Waals surface area contributed by atoms with E-state index in [1.54, 1.807) is 0 Å². The number of carboxylic acids is 1. The predicted molar refractivity (Wildman–Crippen MR) is 73.4 cm³/mol. The predicted octanol–water partition coefficient (Wildman–Crippen LogP) is 0.952. The van der Waals surface area contributed by atoms with Gasteiger partial charge in [0.1, 0.15) is 11.6 Å². The number of aromatic nitrogens is 3. The fourth-order valence-electron chi connectivity index (χ4n) is 3.35. The average Bonchev–Trinajstić information content (AvgIpc) is 2.84. The maximum Gasteiger partial charge on any atom is 0.308 e. The number of carboxylic acid groups (broad SMARTS) is 1. The topological polar surface area (TPSA) is 71.2 Å². The minimum atomic E-state index is -0.704. The molecule has 0 spiro atoms. The minimum absolute atomic E-state index is 0.290. The highest BCUT2D eigenvalue weighted by atomic mass is 16.4. The Bertz CT molecular complexity index is 499. The summed E-state index contributed by atoms with van der Waals surface area (Å²) in [6, 6.07) is 0.516. The van der Waals surface area contributed by atoms with Gasteiger partial charge in [0.25, 0.3) is 0 Å². The van der Waals surface area contributed by atoms with Crippen molar-refractivity contribution >= 4 is 5.97 Å². The van der Waals surface area contributed by atoms with Crippen LogP contribution < -0.4 is 0 Å². The third kappa shape index (κ3) is 2.57. The van der Waals surface area contributed by atoms with Gasteiger partial charge in [-0.2, -0.15) is 0 Å². The Morgan fingerprint density at radius 3 is 2.95 bits per heavy atom. The van der Waals surface area contributed by atoms with Gasteiger partial charge in [-0.05, 0) is 32.9 Å². The van der Waals surface area contributed by atoms with E-state index in [4.69, 9.17) is 0 Å². The van der Waals surface area contributed by atoms with Crippen molar-refractivity contribution in [2.75, 3.05) is 13.6 Å². The Morgan fingerprint density at radius 2 is 2.20 bits per heavy atom. The molecule has 0 radical (unpaired) electrons. The quantitative estimate of drug-likeness (QED) is 0.891. The molecule has 1 N–H and O–H groups in total. The zero-order chi connectivity index (χ0) is 14.1. The summed E-state index contributed by atoms with van der Waals surface area (Å²) < 4.78 is 2.05. The van der Waals surface area contributed by atoms with Gasteiger partial charge in [-0.15, -0.1) is 10.2 Å². The number of carbonyl (C=O) groups is 1. The van der Waals surface area contributed by atoms with E-state index in [0.29, 0.717) is 19.0 Å². The Morgan fingerprint density at radius 1 is 1.35 bits per heavy atom. The molecule has 2 atom stereocenters. The Labute approximate surface area is 118 Å². The highest BCUT2D eigenvalue weighted by molar-refractivity contribution is 5.70. The van der Waals surface area contributed by atoms with Crippen LogP contribution in [-0.2, 0) is 24.2 Å². The number of likely N-dealkylation sites (tertiary alicyclic amines) is 1.